The molecule has 5 heteroatoms. The molecule has 0 bridgehead atoms. The molecule has 0 amide bonds. The SMILES string of the molecule is CCCNc1cncc(N2CCCN(C)CC2C)n1. The topological polar surface area (TPSA) is 44.3 Å². The van der Waals surface area contributed by atoms with Gasteiger partial charge >= 0.3 is 0 Å². The van der Waals surface area contributed by atoms with E-state index in [9.17, 15) is 0 Å². The fourth-order valence-corrected chi connectivity index (χ4v) is 2.54. The average Bonchev–Trinajstić information content (AvgIpc) is 2.57. The third-order valence-corrected chi connectivity index (χ3v) is 3.52. The van der Waals surface area contributed by atoms with Gasteiger partial charge in [0.1, 0.15) is 11.6 Å². The summed E-state index contributed by atoms with van der Waals surface area (Å²) >= 11 is 0. The summed E-state index contributed by atoms with van der Waals surface area (Å²) in [5, 5.41) is 3.30. The minimum Gasteiger partial charge on any atom is -0.369 e. The Balaban J connectivity index is 2.11. The Kier molecular flexibility index (Phi) is 4.96. The zero-order valence-corrected chi connectivity index (χ0v) is 12.3. The summed E-state index contributed by atoms with van der Waals surface area (Å²) in [5.74, 6) is 1.87. The number of aromatic nitrogens is 2. The van der Waals surface area contributed by atoms with E-state index in [0.717, 1.165) is 44.2 Å². The van der Waals surface area contributed by atoms with Crippen LogP contribution in [0, 0.1) is 0 Å². The summed E-state index contributed by atoms with van der Waals surface area (Å²) in [5.41, 5.74) is 0. The Bertz CT molecular complexity index is 395. The van der Waals surface area contributed by atoms with E-state index >= 15 is 0 Å². The van der Waals surface area contributed by atoms with Crippen molar-refractivity contribution in [2.45, 2.75) is 32.7 Å². The highest BCUT2D eigenvalue weighted by Gasteiger charge is 2.21. The van der Waals surface area contributed by atoms with Crippen molar-refractivity contribution < 1.29 is 0 Å². The normalized spacial score (nSPS) is 21.2. The molecule has 2 rings (SSSR count). The molecule has 5 nitrogen and oxygen atoms in total. The first-order chi connectivity index (χ1) is 9.20. The number of likely N-dealkylation sites (N-methyl/N-ethyl adjacent to an activating group) is 1. The van der Waals surface area contributed by atoms with Crippen LogP contribution < -0.4 is 10.2 Å². The van der Waals surface area contributed by atoms with Crippen LogP contribution in [0.4, 0.5) is 11.6 Å². The van der Waals surface area contributed by atoms with Crippen LogP contribution in [-0.4, -0.2) is 54.1 Å². The van der Waals surface area contributed by atoms with Gasteiger partial charge < -0.3 is 15.1 Å². The Morgan fingerprint density at radius 3 is 3.00 bits per heavy atom. The number of nitrogens with one attached hydrogen (secondary N) is 1. The first-order valence-electron chi connectivity index (χ1n) is 7.21. The van der Waals surface area contributed by atoms with E-state index in [0.29, 0.717) is 6.04 Å². The van der Waals surface area contributed by atoms with Gasteiger partial charge in [0.15, 0.2) is 0 Å². The molecule has 1 atom stereocenters. The zero-order valence-electron chi connectivity index (χ0n) is 12.3. The maximum atomic E-state index is 4.68. The molecule has 1 aliphatic heterocycles. The van der Waals surface area contributed by atoms with Crippen molar-refractivity contribution in [1.29, 1.82) is 0 Å². The molecule has 19 heavy (non-hydrogen) atoms. The molecule has 106 valence electrons. The average molecular weight is 263 g/mol. The van der Waals surface area contributed by atoms with Gasteiger partial charge in [0.05, 0.1) is 12.4 Å². The van der Waals surface area contributed by atoms with E-state index in [4.69, 9.17) is 0 Å². The molecule has 0 aromatic carbocycles. The van der Waals surface area contributed by atoms with Crippen LogP contribution in [-0.2, 0) is 0 Å². The number of rotatable bonds is 4. The quantitative estimate of drug-likeness (QED) is 0.898. The summed E-state index contributed by atoms with van der Waals surface area (Å²) in [4.78, 5) is 13.8. The van der Waals surface area contributed by atoms with Crippen molar-refractivity contribution in [3.05, 3.63) is 12.4 Å². The molecule has 0 spiro atoms. The molecule has 1 aliphatic rings. The van der Waals surface area contributed by atoms with E-state index in [1.54, 1.807) is 6.20 Å². The lowest BCUT2D eigenvalue weighted by atomic mass is 10.3. The van der Waals surface area contributed by atoms with Gasteiger partial charge in [0, 0.05) is 25.7 Å². The van der Waals surface area contributed by atoms with E-state index < -0.39 is 0 Å². The maximum Gasteiger partial charge on any atom is 0.149 e. The summed E-state index contributed by atoms with van der Waals surface area (Å²) in [6.45, 7) is 8.64. The number of hydrogen-bond donors (Lipinski definition) is 1. The number of nitrogens with zero attached hydrogens (tertiary/aromatic N) is 4. The predicted octanol–water partition coefficient (Wildman–Crippen LogP) is 1.83. The van der Waals surface area contributed by atoms with Gasteiger partial charge in [-0.1, -0.05) is 6.92 Å². The lowest BCUT2D eigenvalue weighted by Gasteiger charge is -2.29. The molecule has 0 aliphatic carbocycles. The Morgan fingerprint density at radius 1 is 1.37 bits per heavy atom. The summed E-state index contributed by atoms with van der Waals surface area (Å²) in [7, 11) is 2.19. The molecular formula is C14H25N5. The largest absolute Gasteiger partial charge is 0.369 e. The summed E-state index contributed by atoms with van der Waals surface area (Å²) in [6, 6.07) is 0.475. The van der Waals surface area contributed by atoms with E-state index in [1.165, 1.54) is 6.42 Å². The van der Waals surface area contributed by atoms with Crippen molar-refractivity contribution in [3.8, 4) is 0 Å². The standard InChI is InChI=1S/C14H25N5/c1-4-6-16-13-9-15-10-14(17-13)19-8-5-7-18(3)11-12(19)2/h9-10,12H,4-8,11H2,1-3H3,(H,16,17). The fraction of sp³-hybridized carbons (Fsp3) is 0.714. The zero-order chi connectivity index (χ0) is 13.7. The number of anilines is 2. The van der Waals surface area contributed by atoms with E-state index in [2.05, 4.69) is 46.0 Å². The summed E-state index contributed by atoms with van der Waals surface area (Å²) in [6.07, 6.45) is 5.94. The second-order valence-electron chi connectivity index (χ2n) is 5.35. The molecule has 1 aromatic rings. The van der Waals surface area contributed by atoms with E-state index in [1.807, 2.05) is 6.20 Å². The monoisotopic (exact) mass is 263 g/mol. The van der Waals surface area contributed by atoms with Gasteiger partial charge in [-0.05, 0) is 33.4 Å². The minimum atomic E-state index is 0.475. The molecule has 1 aromatic heterocycles. The van der Waals surface area contributed by atoms with E-state index in [-0.39, 0.29) is 0 Å². The van der Waals surface area contributed by atoms with Crippen molar-refractivity contribution >= 4 is 11.6 Å². The van der Waals surface area contributed by atoms with Gasteiger partial charge in [-0.2, -0.15) is 0 Å². The van der Waals surface area contributed by atoms with Crippen LogP contribution in [0.5, 0.6) is 0 Å². The molecular weight excluding hydrogens is 238 g/mol. The minimum absolute atomic E-state index is 0.475. The van der Waals surface area contributed by atoms with Crippen molar-refractivity contribution in [3.63, 3.8) is 0 Å². The molecule has 2 heterocycles. The van der Waals surface area contributed by atoms with Gasteiger partial charge in [-0.15, -0.1) is 0 Å². The van der Waals surface area contributed by atoms with Crippen molar-refractivity contribution in [2.75, 3.05) is 43.4 Å². The van der Waals surface area contributed by atoms with Crippen molar-refractivity contribution in [2.24, 2.45) is 0 Å². The third kappa shape index (κ3) is 3.80. The molecule has 1 fully saturated rings. The van der Waals surface area contributed by atoms with Crippen LogP contribution in [0.15, 0.2) is 12.4 Å². The second kappa shape index (κ2) is 6.70. The van der Waals surface area contributed by atoms with Crippen LogP contribution in [0.25, 0.3) is 0 Å². The smallest absolute Gasteiger partial charge is 0.149 e. The molecule has 0 radical (unpaired) electrons. The maximum absolute atomic E-state index is 4.68. The fourth-order valence-electron chi connectivity index (χ4n) is 2.54. The third-order valence-electron chi connectivity index (χ3n) is 3.52. The van der Waals surface area contributed by atoms with Crippen LogP contribution in [0.3, 0.4) is 0 Å². The first-order valence-corrected chi connectivity index (χ1v) is 7.21. The highest BCUT2D eigenvalue weighted by Crippen LogP contribution is 2.18. The first kappa shape index (κ1) is 14.1. The van der Waals surface area contributed by atoms with Gasteiger partial charge in [0.2, 0.25) is 0 Å². The highest BCUT2D eigenvalue weighted by molar-refractivity contribution is 5.44. The Hall–Kier alpha value is -1.36. The molecule has 1 saturated heterocycles. The molecule has 1 unspecified atom stereocenters. The van der Waals surface area contributed by atoms with Gasteiger partial charge in [-0.25, -0.2) is 4.98 Å². The van der Waals surface area contributed by atoms with Crippen LogP contribution in [0.2, 0.25) is 0 Å². The lowest BCUT2D eigenvalue weighted by Crippen LogP contribution is -2.38. The predicted molar refractivity (Wildman–Crippen MR) is 79.7 cm³/mol. The summed E-state index contributed by atoms with van der Waals surface area (Å²) < 4.78 is 0. The van der Waals surface area contributed by atoms with Crippen LogP contribution >= 0.6 is 0 Å². The second-order valence-corrected chi connectivity index (χ2v) is 5.35. The Labute approximate surface area is 116 Å². The van der Waals surface area contributed by atoms with Crippen molar-refractivity contribution in [1.82, 2.24) is 14.9 Å². The van der Waals surface area contributed by atoms with Gasteiger partial charge in [0.25, 0.3) is 0 Å². The van der Waals surface area contributed by atoms with Crippen LogP contribution in [0.1, 0.15) is 26.7 Å². The highest BCUT2D eigenvalue weighted by atomic mass is 15.3. The lowest BCUT2D eigenvalue weighted by molar-refractivity contribution is 0.337. The molecule has 0 saturated carbocycles. The molecule has 1 N–H and O–H groups in total. The Morgan fingerprint density at radius 2 is 2.21 bits per heavy atom. The van der Waals surface area contributed by atoms with Gasteiger partial charge in [-0.3, -0.25) is 4.98 Å². The number of hydrogen-bond acceptors (Lipinski definition) is 5.